The number of hydrogen-bond acceptors (Lipinski definition) is 2. The van der Waals surface area contributed by atoms with Gasteiger partial charge in [0.05, 0.1) is 0 Å². The summed E-state index contributed by atoms with van der Waals surface area (Å²) in [5.41, 5.74) is 0. The van der Waals surface area contributed by atoms with Crippen molar-refractivity contribution in [1.82, 2.24) is 5.32 Å². The molecule has 3 nitrogen and oxygen atoms in total. The Morgan fingerprint density at radius 2 is 2.00 bits per heavy atom. The van der Waals surface area contributed by atoms with Gasteiger partial charge in [0.2, 0.25) is 5.91 Å². The van der Waals surface area contributed by atoms with Crippen LogP contribution in [0, 0.1) is 5.92 Å². The molecule has 0 spiro atoms. The van der Waals surface area contributed by atoms with Crippen molar-refractivity contribution in [2.45, 2.75) is 40.2 Å². The second-order valence-corrected chi connectivity index (χ2v) is 3.38. The van der Waals surface area contributed by atoms with Gasteiger partial charge in [-0.15, -0.1) is 0 Å². The number of ether oxygens (including phenoxy) is 1. The fourth-order valence-corrected chi connectivity index (χ4v) is 0.986. The lowest BCUT2D eigenvalue weighted by atomic mass is 10.0. The van der Waals surface area contributed by atoms with Crippen molar-refractivity contribution in [3.8, 4) is 0 Å². The van der Waals surface area contributed by atoms with Crippen LogP contribution in [-0.2, 0) is 9.53 Å². The van der Waals surface area contributed by atoms with E-state index in [1.54, 1.807) is 0 Å². The van der Waals surface area contributed by atoms with Crippen molar-refractivity contribution >= 4 is 5.91 Å². The van der Waals surface area contributed by atoms with Gasteiger partial charge in [-0.05, 0) is 19.8 Å². The summed E-state index contributed by atoms with van der Waals surface area (Å²) < 4.78 is 5.00. The first kappa shape index (κ1) is 12.4. The van der Waals surface area contributed by atoms with Gasteiger partial charge in [-0.3, -0.25) is 4.79 Å². The van der Waals surface area contributed by atoms with Crippen LogP contribution in [0.25, 0.3) is 0 Å². The fraction of sp³-hybridized carbons (Fsp3) is 0.900. The van der Waals surface area contributed by atoms with E-state index < -0.39 is 0 Å². The van der Waals surface area contributed by atoms with Gasteiger partial charge in [0.25, 0.3) is 0 Å². The molecule has 78 valence electrons. The van der Waals surface area contributed by atoms with Crippen LogP contribution in [0.15, 0.2) is 0 Å². The summed E-state index contributed by atoms with van der Waals surface area (Å²) in [7, 11) is 0. The van der Waals surface area contributed by atoms with Crippen LogP contribution < -0.4 is 5.32 Å². The van der Waals surface area contributed by atoms with E-state index >= 15 is 0 Å². The fourth-order valence-electron chi connectivity index (χ4n) is 0.986. The molecule has 0 aromatic rings. The summed E-state index contributed by atoms with van der Waals surface area (Å²) >= 11 is 0. The van der Waals surface area contributed by atoms with Crippen molar-refractivity contribution in [3.05, 3.63) is 0 Å². The summed E-state index contributed by atoms with van der Waals surface area (Å²) in [5, 5.41) is 2.90. The molecule has 0 aliphatic heterocycles. The van der Waals surface area contributed by atoms with Crippen LogP contribution in [-0.4, -0.2) is 25.2 Å². The largest absolute Gasteiger partial charge is 0.372 e. The first-order valence-electron chi connectivity index (χ1n) is 4.98. The average Bonchev–Trinajstić information content (AvgIpc) is 2.13. The lowest BCUT2D eigenvalue weighted by Crippen LogP contribution is -2.39. The molecule has 1 N–H and O–H groups in total. The molecule has 0 fully saturated rings. The van der Waals surface area contributed by atoms with E-state index in [9.17, 15) is 4.79 Å². The van der Waals surface area contributed by atoms with Gasteiger partial charge in [-0.25, -0.2) is 0 Å². The van der Waals surface area contributed by atoms with E-state index in [0.717, 1.165) is 6.42 Å². The maximum absolute atomic E-state index is 11.2. The first-order chi connectivity index (χ1) is 6.11. The Morgan fingerprint density at radius 1 is 1.38 bits per heavy atom. The molecule has 0 aromatic carbocycles. The van der Waals surface area contributed by atoms with Crippen LogP contribution >= 0.6 is 0 Å². The van der Waals surface area contributed by atoms with Gasteiger partial charge >= 0.3 is 0 Å². The second-order valence-electron chi connectivity index (χ2n) is 3.38. The number of amides is 1. The van der Waals surface area contributed by atoms with Crippen LogP contribution in [0.2, 0.25) is 0 Å². The molecule has 0 saturated carbocycles. The molecular weight excluding hydrogens is 166 g/mol. The Hall–Kier alpha value is -0.570. The SMILES string of the molecule is CCOCC(=O)NC(C)C(C)CC. The quantitative estimate of drug-likeness (QED) is 0.685. The third-order valence-electron chi connectivity index (χ3n) is 2.32. The highest BCUT2D eigenvalue weighted by atomic mass is 16.5. The minimum Gasteiger partial charge on any atom is -0.372 e. The molecule has 0 aliphatic carbocycles. The predicted octanol–water partition coefficient (Wildman–Crippen LogP) is 1.57. The van der Waals surface area contributed by atoms with Gasteiger partial charge in [0, 0.05) is 12.6 Å². The number of carbonyl (C=O) groups is 1. The van der Waals surface area contributed by atoms with Crippen LogP contribution in [0.5, 0.6) is 0 Å². The summed E-state index contributed by atoms with van der Waals surface area (Å²) in [6.45, 7) is 8.92. The van der Waals surface area contributed by atoms with E-state index in [2.05, 4.69) is 19.2 Å². The normalized spacial score (nSPS) is 15.1. The Labute approximate surface area is 80.8 Å². The Bertz CT molecular complexity index is 148. The molecule has 0 saturated heterocycles. The monoisotopic (exact) mass is 187 g/mol. The lowest BCUT2D eigenvalue weighted by Gasteiger charge is -2.19. The number of carbonyl (C=O) groups excluding carboxylic acids is 1. The van der Waals surface area contributed by atoms with E-state index in [-0.39, 0.29) is 18.6 Å². The third kappa shape index (κ3) is 5.64. The Balaban J connectivity index is 3.64. The molecule has 1 amide bonds. The Morgan fingerprint density at radius 3 is 2.46 bits per heavy atom. The van der Waals surface area contributed by atoms with E-state index in [4.69, 9.17) is 4.74 Å². The van der Waals surface area contributed by atoms with Crippen molar-refractivity contribution in [2.75, 3.05) is 13.2 Å². The standard InChI is InChI=1S/C10H21NO2/c1-5-8(3)9(4)11-10(12)7-13-6-2/h8-9H,5-7H2,1-4H3,(H,11,12). The van der Waals surface area contributed by atoms with Crippen molar-refractivity contribution < 1.29 is 9.53 Å². The van der Waals surface area contributed by atoms with Gasteiger partial charge in [0.1, 0.15) is 6.61 Å². The minimum absolute atomic E-state index is 0.0188. The van der Waals surface area contributed by atoms with Gasteiger partial charge in [0.15, 0.2) is 0 Å². The Kier molecular flexibility index (Phi) is 6.59. The highest BCUT2D eigenvalue weighted by Crippen LogP contribution is 2.05. The summed E-state index contributed by atoms with van der Waals surface area (Å²) in [6, 6.07) is 0.234. The lowest BCUT2D eigenvalue weighted by molar-refractivity contribution is -0.126. The van der Waals surface area contributed by atoms with Gasteiger partial charge in [-0.1, -0.05) is 20.3 Å². The second kappa shape index (κ2) is 6.89. The van der Waals surface area contributed by atoms with Crippen LogP contribution in [0.4, 0.5) is 0 Å². The molecule has 3 heteroatoms. The molecule has 0 radical (unpaired) electrons. The van der Waals surface area contributed by atoms with Gasteiger partial charge in [-0.2, -0.15) is 0 Å². The molecule has 0 aliphatic rings. The zero-order valence-corrected chi connectivity index (χ0v) is 9.09. The topological polar surface area (TPSA) is 38.3 Å². The number of rotatable bonds is 6. The molecule has 0 aromatic heterocycles. The molecule has 0 heterocycles. The zero-order chi connectivity index (χ0) is 10.3. The molecule has 13 heavy (non-hydrogen) atoms. The van der Waals surface area contributed by atoms with E-state index in [1.165, 1.54) is 0 Å². The third-order valence-corrected chi connectivity index (χ3v) is 2.32. The van der Waals surface area contributed by atoms with Crippen molar-refractivity contribution in [1.29, 1.82) is 0 Å². The van der Waals surface area contributed by atoms with Crippen molar-refractivity contribution in [3.63, 3.8) is 0 Å². The predicted molar refractivity (Wildman–Crippen MR) is 53.6 cm³/mol. The summed E-state index contributed by atoms with van der Waals surface area (Å²) in [6.07, 6.45) is 1.08. The molecular formula is C10H21NO2. The first-order valence-corrected chi connectivity index (χ1v) is 4.98. The zero-order valence-electron chi connectivity index (χ0n) is 9.09. The molecule has 2 atom stereocenters. The maximum atomic E-state index is 11.2. The average molecular weight is 187 g/mol. The number of nitrogens with one attached hydrogen (secondary N) is 1. The van der Waals surface area contributed by atoms with Gasteiger partial charge < -0.3 is 10.1 Å². The van der Waals surface area contributed by atoms with Crippen LogP contribution in [0.3, 0.4) is 0 Å². The smallest absolute Gasteiger partial charge is 0.246 e. The molecule has 0 rings (SSSR count). The molecule has 0 bridgehead atoms. The number of hydrogen-bond donors (Lipinski definition) is 1. The minimum atomic E-state index is -0.0188. The van der Waals surface area contributed by atoms with Crippen LogP contribution in [0.1, 0.15) is 34.1 Å². The highest BCUT2D eigenvalue weighted by Gasteiger charge is 2.12. The summed E-state index contributed by atoms with van der Waals surface area (Å²) in [5.74, 6) is 0.500. The van der Waals surface area contributed by atoms with E-state index in [0.29, 0.717) is 12.5 Å². The van der Waals surface area contributed by atoms with Crippen molar-refractivity contribution in [2.24, 2.45) is 5.92 Å². The molecule has 2 unspecified atom stereocenters. The van der Waals surface area contributed by atoms with E-state index in [1.807, 2.05) is 13.8 Å². The maximum Gasteiger partial charge on any atom is 0.246 e. The summed E-state index contributed by atoms with van der Waals surface area (Å²) in [4.78, 5) is 11.2. The highest BCUT2D eigenvalue weighted by molar-refractivity contribution is 5.77.